The summed E-state index contributed by atoms with van der Waals surface area (Å²) in [5.74, 6) is 0. The predicted molar refractivity (Wildman–Crippen MR) is 88.9 cm³/mol. The van der Waals surface area contributed by atoms with Crippen LogP contribution in [-0.2, 0) is 0 Å². The number of hydrogen-bond donors (Lipinski definition) is 1. The Morgan fingerprint density at radius 3 is 2.35 bits per heavy atom. The van der Waals surface area contributed by atoms with Gasteiger partial charge in [0.15, 0.2) is 0 Å². The fraction of sp³-hybridized carbons (Fsp3) is 0.647. The Hall–Kier alpha value is -1.22. The lowest BCUT2D eigenvalue weighted by Gasteiger charge is -2.41. The minimum atomic E-state index is 0.570. The minimum Gasteiger partial charge on any atom is -0.372 e. The second-order valence-corrected chi connectivity index (χ2v) is 5.71. The minimum absolute atomic E-state index is 0.570. The lowest BCUT2D eigenvalue weighted by molar-refractivity contribution is 0.402. The number of anilines is 2. The number of nitrogens with zero attached hydrogens (tertiary/aromatic N) is 2. The van der Waals surface area contributed by atoms with E-state index in [0.29, 0.717) is 12.1 Å². The van der Waals surface area contributed by atoms with Crippen molar-refractivity contribution in [3.63, 3.8) is 0 Å². The molecule has 1 aromatic carbocycles. The van der Waals surface area contributed by atoms with Gasteiger partial charge in [-0.15, -0.1) is 0 Å². The molecule has 0 spiro atoms. The summed E-state index contributed by atoms with van der Waals surface area (Å²) in [7, 11) is 0. The van der Waals surface area contributed by atoms with Gasteiger partial charge < -0.3 is 15.1 Å². The van der Waals surface area contributed by atoms with Crippen molar-refractivity contribution in [3.8, 4) is 0 Å². The largest absolute Gasteiger partial charge is 0.372 e. The highest BCUT2D eigenvalue weighted by atomic mass is 15.2. The summed E-state index contributed by atoms with van der Waals surface area (Å²) in [6.45, 7) is 13.3. The van der Waals surface area contributed by atoms with Crippen LogP contribution in [0.4, 0.5) is 11.4 Å². The monoisotopic (exact) mass is 275 g/mol. The van der Waals surface area contributed by atoms with Gasteiger partial charge in [0.25, 0.3) is 0 Å². The molecular formula is C17H29N3. The normalized spacial score (nSPS) is 22.9. The van der Waals surface area contributed by atoms with E-state index in [2.05, 4.69) is 67.1 Å². The Morgan fingerprint density at radius 1 is 1.15 bits per heavy atom. The van der Waals surface area contributed by atoms with Gasteiger partial charge in [0, 0.05) is 49.6 Å². The molecule has 1 saturated heterocycles. The van der Waals surface area contributed by atoms with Crippen LogP contribution < -0.4 is 15.1 Å². The first-order valence-electron chi connectivity index (χ1n) is 8.04. The fourth-order valence-electron chi connectivity index (χ4n) is 3.08. The lowest BCUT2D eigenvalue weighted by Crippen LogP contribution is -2.55. The number of benzene rings is 1. The zero-order valence-corrected chi connectivity index (χ0v) is 13.4. The van der Waals surface area contributed by atoms with Gasteiger partial charge in [-0.3, -0.25) is 0 Å². The highest BCUT2D eigenvalue weighted by Crippen LogP contribution is 2.24. The Balaban J connectivity index is 2.15. The Kier molecular flexibility index (Phi) is 5.30. The van der Waals surface area contributed by atoms with Crippen LogP contribution in [0.2, 0.25) is 0 Å². The summed E-state index contributed by atoms with van der Waals surface area (Å²) in [5.41, 5.74) is 2.69. The lowest BCUT2D eigenvalue weighted by atomic mass is 10.1. The van der Waals surface area contributed by atoms with Crippen molar-refractivity contribution < 1.29 is 0 Å². The third-order valence-electron chi connectivity index (χ3n) is 4.39. The number of piperazine rings is 1. The van der Waals surface area contributed by atoms with Gasteiger partial charge in [0.1, 0.15) is 0 Å². The van der Waals surface area contributed by atoms with Crippen molar-refractivity contribution in [2.24, 2.45) is 0 Å². The van der Waals surface area contributed by atoms with Crippen LogP contribution in [0.25, 0.3) is 0 Å². The maximum Gasteiger partial charge on any atom is 0.0412 e. The number of rotatable bonds is 5. The third kappa shape index (κ3) is 3.26. The molecule has 0 aliphatic carbocycles. The Morgan fingerprint density at radius 2 is 1.80 bits per heavy atom. The number of hydrogen-bond acceptors (Lipinski definition) is 3. The van der Waals surface area contributed by atoms with Crippen molar-refractivity contribution in [1.29, 1.82) is 0 Å². The molecule has 1 aliphatic rings. The summed E-state index contributed by atoms with van der Waals surface area (Å²) in [6.07, 6.45) is 1.19. The molecule has 1 aliphatic heterocycles. The molecule has 3 heteroatoms. The van der Waals surface area contributed by atoms with E-state index in [1.165, 1.54) is 17.8 Å². The molecule has 0 saturated carbocycles. The molecule has 2 rings (SSSR count). The molecule has 0 radical (unpaired) electrons. The van der Waals surface area contributed by atoms with Crippen LogP contribution >= 0.6 is 0 Å². The zero-order chi connectivity index (χ0) is 14.5. The predicted octanol–water partition coefficient (Wildman–Crippen LogP) is 3.11. The van der Waals surface area contributed by atoms with Gasteiger partial charge >= 0.3 is 0 Å². The van der Waals surface area contributed by atoms with E-state index in [0.717, 1.165) is 26.2 Å². The topological polar surface area (TPSA) is 18.5 Å². The summed E-state index contributed by atoms with van der Waals surface area (Å²) in [5, 5.41) is 3.58. The van der Waals surface area contributed by atoms with Gasteiger partial charge in [0.05, 0.1) is 0 Å². The molecule has 0 aromatic heterocycles. The van der Waals surface area contributed by atoms with E-state index in [1.807, 2.05) is 0 Å². The highest BCUT2D eigenvalue weighted by Gasteiger charge is 2.24. The maximum absolute atomic E-state index is 3.58. The van der Waals surface area contributed by atoms with Crippen molar-refractivity contribution in [2.45, 2.75) is 46.2 Å². The smallest absolute Gasteiger partial charge is 0.0412 e. The van der Waals surface area contributed by atoms with Gasteiger partial charge in [0.2, 0.25) is 0 Å². The molecule has 0 bridgehead atoms. The van der Waals surface area contributed by atoms with Crippen molar-refractivity contribution >= 4 is 11.4 Å². The first-order valence-corrected chi connectivity index (χ1v) is 8.04. The molecule has 3 nitrogen and oxygen atoms in total. The molecular weight excluding hydrogens is 246 g/mol. The molecule has 112 valence electrons. The van der Waals surface area contributed by atoms with Crippen LogP contribution in [0.5, 0.6) is 0 Å². The molecule has 1 N–H and O–H groups in total. The second kappa shape index (κ2) is 6.98. The molecule has 0 amide bonds. The van der Waals surface area contributed by atoms with Gasteiger partial charge in [-0.05, 0) is 51.5 Å². The molecule has 2 unspecified atom stereocenters. The van der Waals surface area contributed by atoms with Gasteiger partial charge in [-0.1, -0.05) is 6.92 Å². The van der Waals surface area contributed by atoms with E-state index in [9.17, 15) is 0 Å². The highest BCUT2D eigenvalue weighted by molar-refractivity contribution is 5.57. The Bertz CT molecular complexity index is 397. The SMILES string of the molecule is CCC1CNC(C)CN1c1ccc(N(CC)CC)cc1. The van der Waals surface area contributed by atoms with Crippen LogP contribution in [0, 0.1) is 0 Å². The quantitative estimate of drug-likeness (QED) is 0.891. The second-order valence-electron chi connectivity index (χ2n) is 5.71. The van der Waals surface area contributed by atoms with Crippen LogP contribution in [0.1, 0.15) is 34.1 Å². The zero-order valence-electron chi connectivity index (χ0n) is 13.4. The number of nitrogens with one attached hydrogen (secondary N) is 1. The van der Waals surface area contributed by atoms with E-state index in [-0.39, 0.29) is 0 Å². The summed E-state index contributed by atoms with van der Waals surface area (Å²) < 4.78 is 0. The first-order chi connectivity index (χ1) is 9.69. The van der Waals surface area contributed by atoms with Gasteiger partial charge in [-0.2, -0.15) is 0 Å². The summed E-state index contributed by atoms with van der Waals surface area (Å²) >= 11 is 0. The van der Waals surface area contributed by atoms with E-state index < -0.39 is 0 Å². The van der Waals surface area contributed by atoms with Crippen LogP contribution in [-0.4, -0.2) is 38.3 Å². The average molecular weight is 275 g/mol. The van der Waals surface area contributed by atoms with E-state index >= 15 is 0 Å². The van der Waals surface area contributed by atoms with Crippen molar-refractivity contribution in [2.75, 3.05) is 36.0 Å². The van der Waals surface area contributed by atoms with Crippen LogP contribution in [0.15, 0.2) is 24.3 Å². The van der Waals surface area contributed by atoms with Crippen molar-refractivity contribution in [1.82, 2.24) is 5.32 Å². The van der Waals surface area contributed by atoms with Gasteiger partial charge in [-0.25, -0.2) is 0 Å². The molecule has 20 heavy (non-hydrogen) atoms. The third-order valence-corrected chi connectivity index (χ3v) is 4.39. The van der Waals surface area contributed by atoms with Crippen LogP contribution in [0.3, 0.4) is 0 Å². The molecule has 1 heterocycles. The maximum atomic E-state index is 3.58. The first kappa shape index (κ1) is 15.2. The fourth-order valence-corrected chi connectivity index (χ4v) is 3.08. The summed E-state index contributed by atoms with van der Waals surface area (Å²) in [6, 6.07) is 10.3. The molecule has 1 fully saturated rings. The standard InChI is InChI=1S/C17H29N3/c1-5-15-12-18-14(4)13-20(15)17-10-8-16(9-11-17)19(6-2)7-3/h8-11,14-15,18H,5-7,12-13H2,1-4H3. The van der Waals surface area contributed by atoms with E-state index in [1.54, 1.807) is 0 Å². The summed E-state index contributed by atoms with van der Waals surface area (Å²) in [4.78, 5) is 4.95. The molecule has 1 aromatic rings. The van der Waals surface area contributed by atoms with Crippen molar-refractivity contribution in [3.05, 3.63) is 24.3 Å². The average Bonchev–Trinajstić information content (AvgIpc) is 2.49. The molecule has 2 atom stereocenters. The Labute approximate surface area is 124 Å². The van der Waals surface area contributed by atoms with E-state index in [4.69, 9.17) is 0 Å².